The number of fused-ring (bicyclic) bond motifs is 3. The molecule has 0 spiro atoms. The molecule has 310 valence electrons. The van der Waals surface area contributed by atoms with Gasteiger partial charge in [-0.2, -0.15) is 0 Å². The van der Waals surface area contributed by atoms with Crippen LogP contribution in [0.4, 0.5) is 20.6 Å². The van der Waals surface area contributed by atoms with E-state index >= 15 is 0 Å². The molecule has 4 aliphatic rings. The Morgan fingerprint density at radius 2 is 1.51 bits per heavy atom. The monoisotopic (exact) mass is 818 g/mol. The fourth-order valence-electron chi connectivity index (χ4n) is 8.02. The largest absolute Gasteiger partial charge is 0.493 e. The zero-order valence-corrected chi connectivity index (χ0v) is 31.6. The number of aliphatic hydroxyl groups excluding tert-OH is 3. The van der Waals surface area contributed by atoms with Crippen molar-refractivity contribution in [3.63, 3.8) is 0 Å². The molecule has 0 bridgehead atoms. The highest BCUT2D eigenvalue weighted by Gasteiger charge is 2.53. The molecule has 8 rings (SSSR count). The number of carbonyl (C=O) groups is 3. The summed E-state index contributed by atoms with van der Waals surface area (Å²) in [6.45, 7) is 0.109. The maximum absolute atomic E-state index is 13.8. The number of carbonyl (C=O) groups excluding carboxylic acids is 2. The third-order valence-electron chi connectivity index (χ3n) is 10.9. The molecule has 17 nitrogen and oxygen atoms in total. The van der Waals surface area contributed by atoms with Crippen molar-refractivity contribution in [3.05, 3.63) is 95.3 Å². The summed E-state index contributed by atoms with van der Waals surface area (Å²) >= 11 is 0. The van der Waals surface area contributed by atoms with Crippen molar-refractivity contribution in [3.8, 4) is 34.5 Å². The molecule has 0 aromatic heterocycles. The second kappa shape index (κ2) is 15.8. The summed E-state index contributed by atoms with van der Waals surface area (Å²) in [7, 11) is 4.10. The number of amides is 1. The molecule has 2 fully saturated rings. The van der Waals surface area contributed by atoms with Crippen LogP contribution in [0.1, 0.15) is 28.7 Å². The average molecular weight is 819 g/mol. The number of para-hydroxylation sites is 2. The van der Waals surface area contributed by atoms with E-state index in [0.29, 0.717) is 22.7 Å². The Hall–Kier alpha value is -6.34. The molecule has 0 saturated carbocycles. The minimum absolute atomic E-state index is 0.00929. The molecule has 18 heteroatoms. The van der Waals surface area contributed by atoms with Crippen molar-refractivity contribution < 1.29 is 77.1 Å². The van der Waals surface area contributed by atoms with E-state index in [1.807, 2.05) is 12.1 Å². The van der Waals surface area contributed by atoms with Crippen LogP contribution >= 0.6 is 0 Å². The van der Waals surface area contributed by atoms with Crippen molar-refractivity contribution >= 4 is 29.4 Å². The van der Waals surface area contributed by atoms with Gasteiger partial charge < -0.3 is 63.6 Å². The lowest BCUT2D eigenvalue weighted by molar-refractivity contribution is -0.271. The van der Waals surface area contributed by atoms with Gasteiger partial charge in [0.25, 0.3) is 0 Å². The van der Waals surface area contributed by atoms with Crippen molar-refractivity contribution in [1.29, 1.82) is 0 Å². The van der Waals surface area contributed by atoms with Gasteiger partial charge in [-0.15, -0.1) is 0 Å². The van der Waals surface area contributed by atoms with Crippen LogP contribution in [0.2, 0.25) is 0 Å². The molecule has 3 heterocycles. The van der Waals surface area contributed by atoms with Crippen LogP contribution in [0, 0.1) is 17.7 Å². The number of halogens is 1. The maximum atomic E-state index is 13.8. The number of nitrogens with one attached hydrogen (secondary N) is 1. The van der Waals surface area contributed by atoms with Crippen molar-refractivity contribution in [2.45, 2.75) is 42.7 Å². The van der Waals surface area contributed by atoms with E-state index in [4.69, 9.17) is 37.9 Å². The number of ether oxygens (including phenoxy) is 8. The van der Waals surface area contributed by atoms with E-state index in [2.05, 4.69) is 5.32 Å². The first kappa shape index (κ1) is 39.5. The summed E-state index contributed by atoms with van der Waals surface area (Å²) in [5, 5.41) is 43.8. The Kier molecular flexibility index (Phi) is 10.6. The molecule has 3 aliphatic heterocycles. The Labute approximate surface area is 335 Å². The van der Waals surface area contributed by atoms with Crippen LogP contribution in [0.3, 0.4) is 0 Å². The summed E-state index contributed by atoms with van der Waals surface area (Å²) in [6, 6.07) is 18.4. The number of benzene rings is 4. The number of nitrogens with zero attached hydrogens (tertiary/aromatic N) is 1. The van der Waals surface area contributed by atoms with Gasteiger partial charge in [0.05, 0.1) is 38.5 Å². The third kappa shape index (κ3) is 7.13. The maximum Gasteiger partial charge on any atom is 0.419 e. The van der Waals surface area contributed by atoms with Gasteiger partial charge in [-0.25, -0.2) is 14.0 Å². The number of hydrogen-bond donors (Lipinski definition) is 5. The molecule has 9 atom stereocenters. The van der Waals surface area contributed by atoms with Crippen LogP contribution in [0.5, 0.6) is 34.5 Å². The number of aliphatic carboxylic acids is 1. The van der Waals surface area contributed by atoms with Gasteiger partial charge in [-0.05, 0) is 77.4 Å². The van der Waals surface area contributed by atoms with E-state index in [9.17, 15) is 39.2 Å². The van der Waals surface area contributed by atoms with Gasteiger partial charge >= 0.3 is 18.0 Å². The summed E-state index contributed by atoms with van der Waals surface area (Å²) in [6.07, 6.45) is -10.3. The fraction of sp³-hybridized carbons (Fsp3) is 0.341. The van der Waals surface area contributed by atoms with E-state index in [0.717, 1.165) is 16.0 Å². The van der Waals surface area contributed by atoms with Crippen LogP contribution in [0.15, 0.2) is 72.8 Å². The van der Waals surface area contributed by atoms with Gasteiger partial charge in [-0.1, -0.05) is 12.1 Å². The standard InChI is InChI=1S/C41H39FN2O15/c1-44(24-6-4-5-7-25(24)57-40-35(47)33(45)34(46)37(58-40)38(48)49)41(51)59-36-28(52-2)12-18(13-29(36)53-3)30-21-14-26-27(56-17-55-26)15-22(21)32(23-16-54-39(50)31(23)30)43-20-10-8-19(42)9-11-20/h4-15,23,30-35,37,40,43,45-47H,16-17H2,1-3H3,(H,48,49)/t23-,30+,31-,32?,33?,34+,35+,37?,40+/m0/s1. The van der Waals surface area contributed by atoms with E-state index in [1.54, 1.807) is 36.4 Å². The molecular formula is C41H39FN2O15. The van der Waals surface area contributed by atoms with Gasteiger partial charge in [0.15, 0.2) is 29.1 Å². The summed E-state index contributed by atoms with van der Waals surface area (Å²) in [5.41, 5.74) is 2.81. The number of carboxylic acids is 1. The lowest BCUT2D eigenvalue weighted by Crippen LogP contribution is -2.61. The highest BCUT2D eigenvalue weighted by atomic mass is 19.1. The molecule has 1 aliphatic carbocycles. The molecule has 4 aromatic carbocycles. The van der Waals surface area contributed by atoms with Gasteiger partial charge in [0.1, 0.15) is 29.9 Å². The van der Waals surface area contributed by atoms with Gasteiger partial charge in [0.2, 0.25) is 18.8 Å². The molecule has 2 saturated heterocycles. The minimum atomic E-state index is -1.93. The summed E-state index contributed by atoms with van der Waals surface area (Å²) in [4.78, 5) is 40.2. The lowest BCUT2D eigenvalue weighted by atomic mass is 9.65. The van der Waals surface area contributed by atoms with Crippen molar-refractivity contribution in [1.82, 2.24) is 0 Å². The number of carboxylic acid groups (broad SMARTS) is 1. The zero-order chi connectivity index (χ0) is 41.7. The number of aliphatic hydroxyl groups is 3. The van der Waals surface area contributed by atoms with E-state index in [1.165, 1.54) is 45.5 Å². The summed E-state index contributed by atoms with van der Waals surface area (Å²) in [5.74, 6) is -3.17. The van der Waals surface area contributed by atoms with E-state index < -0.39 is 72.4 Å². The SMILES string of the molecule is COc1cc([C@@H]2c3cc4c(cc3C(Nc3ccc(F)cc3)[C@H]3COC(=O)[C@H]23)OCO4)cc(OC)c1OC(=O)N(C)c1ccccc1O[C@@H]1OC(C(=O)O)[C@H](O)C(O)[C@H]1O. The zero-order valence-electron chi connectivity index (χ0n) is 31.6. The number of hydrogen-bond acceptors (Lipinski definition) is 15. The highest BCUT2D eigenvalue weighted by molar-refractivity contribution is 5.91. The topological polar surface area (TPSA) is 221 Å². The van der Waals surface area contributed by atoms with E-state index in [-0.39, 0.29) is 48.0 Å². The molecular weight excluding hydrogens is 779 g/mol. The predicted octanol–water partition coefficient (Wildman–Crippen LogP) is 3.57. The molecule has 5 N–H and O–H groups in total. The molecule has 4 aromatic rings. The highest BCUT2D eigenvalue weighted by Crippen LogP contribution is 2.56. The molecule has 0 radical (unpaired) electrons. The van der Waals surface area contributed by atoms with Crippen LogP contribution < -0.4 is 38.6 Å². The van der Waals surface area contributed by atoms with Crippen LogP contribution in [-0.2, 0) is 19.1 Å². The Bertz CT molecular complexity index is 2250. The molecule has 59 heavy (non-hydrogen) atoms. The number of rotatable bonds is 10. The Morgan fingerprint density at radius 3 is 2.17 bits per heavy atom. The van der Waals surface area contributed by atoms with Crippen molar-refractivity contribution in [2.75, 3.05) is 44.9 Å². The number of anilines is 2. The van der Waals surface area contributed by atoms with Gasteiger partial charge in [-0.3, -0.25) is 9.69 Å². The number of methoxy groups -OCH3 is 2. The smallest absolute Gasteiger partial charge is 0.419 e. The lowest BCUT2D eigenvalue weighted by Gasteiger charge is -2.40. The Balaban J connectivity index is 1.11. The molecule has 1 amide bonds. The second-order valence-corrected chi connectivity index (χ2v) is 14.3. The van der Waals surface area contributed by atoms with Crippen LogP contribution in [-0.4, -0.2) is 104 Å². The normalized spacial score (nSPS) is 26.5. The molecule has 3 unspecified atom stereocenters. The minimum Gasteiger partial charge on any atom is -0.493 e. The second-order valence-electron chi connectivity index (χ2n) is 14.3. The van der Waals surface area contributed by atoms with Gasteiger partial charge in [0, 0.05) is 24.6 Å². The van der Waals surface area contributed by atoms with Crippen molar-refractivity contribution in [2.24, 2.45) is 11.8 Å². The predicted molar refractivity (Wildman–Crippen MR) is 200 cm³/mol. The Morgan fingerprint density at radius 1 is 0.847 bits per heavy atom. The first-order valence-corrected chi connectivity index (χ1v) is 18.4. The fourth-order valence-corrected chi connectivity index (χ4v) is 8.02. The quantitative estimate of drug-likeness (QED) is 0.144. The number of cyclic esters (lactones) is 1. The first-order chi connectivity index (χ1) is 28.4. The summed E-state index contributed by atoms with van der Waals surface area (Å²) < 4.78 is 59.5. The average Bonchev–Trinajstić information content (AvgIpc) is 3.86. The third-order valence-corrected chi connectivity index (χ3v) is 10.9. The first-order valence-electron chi connectivity index (χ1n) is 18.4. The number of esters is 1. The van der Waals surface area contributed by atoms with Crippen LogP contribution in [0.25, 0.3) is 0 Å².